The number of nitrogens with zero attached hydrogens (tertiary/aromatic N) is 1. The van der Waals surface area contributed by atoms with E-state index >= 15 is 0 Å². The van der Waals surface area contributed by atoms with Crippen molar-refractivity contribution < 1.29 is 9.53 Å². The van der Waals surface area contributed by atoms with Crippen LogP contribution in [0, 0.1) is 19.3 Å². The Bertz CT molecular complexity index is 728. The third-order valence-electron chi connectivity index (χ3n) is 5.16. The number of rotatable bonds is 6. The van der Waals surface area contributed by atoms with Crippen LogP contribution in [-0.4, -0.2) is 36.1 Å². The molecule has 0 saturated heterocycles. The Morgan fingerprint density at radius 1 is 1.24 bits per heavy atom. The van der Waals surface area contributed by atoms with Crippen molar-refractivity contribution in [3.8, 4) is 11.3 Å². The molecule has 1 aliphatic rings. The molecule has 1 aromatic carbocycles. The lowest BCUT2D eigenvalue weighted by molar-refractivity contribution is 0.0741. The molecule has 2 N–H and O–H groups in total. The fourth-order valence-electron chi connectivity index (χ4n) is 3.84. The van der Waals surface area contributed by atoms with Crippen LogP contribution in [0.3, 0.4) is 0 Å². The number of ether oxygens (including phenoxy) is 1. The number of carbonyl (C=O) groups is 1. The number of aromatic amines is 1. The number of amides is 1. The van der Waals surface area contributed by atoms with Gasteiger partial charge in [0.1, 0.15) is 5.82 Å². The second kappa shape index (κ2) is 7.40. The van der Waals surface area contributed by atoms with Crippen molar-refractivity contribution in [2.24, 2.45) is 5.41 Å². The second-order valence-corrected chi connectivity index (χ2v) is 7.20. The molecule has 5 nitrogen and oxygen atoms in total. The first-order valence-electron chi connectivity index (χ1n) is 8.94. The van der Waals surface area contributed by atoms with E-state index in [1.54, 1.807) is 7.11 Å². The summed E-state index contributed by atoms with van der Waals surface area (Å²) in [5, 5.41) is 3.10. The Morgan fingerprint density at radius 3 is 2.48 bits per heavy atom. The predicted octanol–water partition coefficient (Wildman–Crippen LogP) is 3.63. The Hall–Kier alpha value is -2.14. The van der Waals surface area contributed by atoms with Crippen molar-refractivity contribution in [1.29, 1.82) is 0 Å². The zero-order valence-corrected chi connectivity index (χ0v) is 15.3. The van der Waals surface area contributed by atoms with E-state index in [1.165, 1.54) is 12.8 Å². The molecule has 0 atom stereocenters. The third kappa shape index (κ3) is 3.93. The van der Waals surface area contributed by atoms with Crippen molar-refractivity contribution in [2.75, 3.05) is 20.3 Å². The largest absolute Gasteiger partial charge is 0.384 e. The van der Waals surface area contributed by atoms with Gasteiger partial charge in [-0.1, -0.05) is 25.0 Å². The highest BCUT2D eigenvalue weighted by Gasteiger charge is 2.34. The summed E-state index contributed by atoms with van der Waals surface area (Å²) in [6.45, 7) is 5.34. The summed E-state index contributed by atoms with van der Waals surface area (Å²) in [7, 11) is 1.74. The van der Waals surface area contributed by atoms with Crippen molar-refractivity contribution in [1.82, 2.24) is 15.3 Å². The first-order chi connectivity index (χ1) is 12.0. The lowest BCUT2D eigenvalue weighted by Crippen LogP contribution is -2.38. The summed E-state index contributed by atoms with van der Waals surface area (Å²) in [5.41, 5.74) is 3.78. The molecule has 1 heterocycles. The number of H-pyrrole nitrogens is 1. The summed E-state index contributed by atoms with van der Waals surface area (Å²) < 4.78 is 5.38. The molecule has 134 valence electrons. The van der Waals surface area contributed by atoms with E-state index in [9.17, 15) is 4.79 Å². The van der Waals surface area contributed by atoms with Crippen molar-refractivity contribution in [3.63, 3.8) is 0 Å². The highest BCUT2D eigenvalue weighted by Crippen LogP contribution is 2.37. The Kier molecular flexibility index (Phi) is 5.23. The molecule has 1 amide bonds. The molecule has 0 radical (unpaired) electrons. The molecule has 0 spiro atoms. The Balaban J connectivity index is 1.65. The SMILES string of the molecule is COCC1(CNC(=O)c2ccc(-c3nc(C)[nH]c3C)cc2)CCCC1. The Morgan fingerprint density at radius 2 is 1.92 bits per heavy atom. The molecule has 2 aromatic rings. The van der Waals surface area contributed by atoms with Gasteiger partial charge in [0.2, 0.25) is 0 Å². The smallest absolute Gasteiger partial charge is 0.251 e. The number of hydrogen-bond donors (Lipinski definition) is 2. The van der Waals surface area contributed by atoms with Crippen LogP contribution in [-0.2, 0) is 4.74 Å². The molecule has 0 bridgehead atoms. The summed E-state index contributed by atoms with van der Waals surface area (Å²) in [6, 6.07) is 7.65. The summed E-state index contributed by atoms with van der Waals surface area (Å²) in [4.78, 5) is 20.2. The third-order valence-corrected chi connectivity index (χ3v) is 5.16. The fourth-order valence-corrected chi connectivity index (χ4v) is 3.84. The lowest BCUT2D eigenvalue weighted by Gasteiger charge is -2.28. The minimum atomic E-state index is -0.0242. The summed E-state index contributed by atoms with van der Waals surface area (Å²) in [6.07, 6.45) is 4.68. The van der Waals surface area contributed by atoms with Crippen LogP contribution >= 0.6 is 0 Å². The molecule has 1 aromatic heterocycles. The van der Waals surface area contributed by atoms with Crippen LogP contribution in [0.25, 0.3) is 11.3 Å². The molecule has 1 saturated carbocycles. The zero-order valence-electron chi connectivity index (χ0n) is 15.3. The summed E-state index contributed by atoms with van der Waals surface area (Å²) in [5.74, 6) is 0.873. The number of nitrogens with one attached hydrogen (secondary N) is 2. The second-order valence-electron chi connectivity index (χ2n) is 7.20. The van der Waals surface area contributed by atoms with E-state index in [4.69, 9.17) is 4.74 Å². The van der Waals surface area contributed by atoms with Crippen LogP contribution < -0.4 is 5.32 Å². The molecule has 0 aliphatic heterocycles. The molecule has 1 aliphatic carbocycles. The number of methoxy groups -OCH3 is 1. The molecular formula is C20H27N3O2. The zero-order chi connectivity index (χ0) is 17.9. The molecule has 3 rings (SSSR count). The van der Waals surface area contributed by atoms with Gasteiger partial charge < -0.3 is 15.0 Å². The van der Waals surface area contributed by atoms with Gasteiger partial charge in [-0.3, -0.25) is 4.79 Å². The predicted molar refractivity (Wildman–Crippen MR) is 98.6 cm³/mol. The van der Waals surface area contributed by atoms with E-state index in [2.05, 4.69) is 15.3 Å². The van der Waals surface area contributed by atoms with Gasteiger partial charge in [-0.15, -0.1) is 0 Å². The van der Waals surface area contributed by atoms with Gasteiger partial charge in [-0.2, -0.15) is 0 Å². The molecule has 0 unspecified atom stereocenters. The topological polar surface area (TPSA) is 67.0 Å². The highest BCUT2D eigenvalue weighted by atomic mass is 16.5. The van der Waals surface area contributed by atoms with Crippen molar-refractivity contribution in [2.45, 2.75) is 39.5 Å². The van der Waals surface area contributed by atoms with Crippen LogP contribution in [0.4, 0.5) is 0 Å². The van der Waals surface area contributed by atoms with Crippen LogP contribution in [0.1, 0.15) is 47.6 Å². The monoisotopic (exact) mass is 341 g/mol. The van der Waals surface area contributed by atoms with Gasteiger partial charge in [0.25, 0.3) is 5.91 Å². The molecule has 5 heteroatoms. The van der Waals surface area contributed by atoms with Crippen LogP contribution in [0.5, 0.6) is 0 Å². The van der Waals surface area contributed by atoms with Crippen molar-refractivity contribution >= 4 is 5.91 Å². The van der Waals surface area contributed by atoms with Crippen LogP contribution in [0.2, 0.25) is 0 Å². The van der Waals surface area contributed by atoms with Gasteiger partial charge >= 0.3 is 0 Å². The lowest BCUT2D eigenvalue weighted by atomic mass is 9.87. The maximum Gasteiger partial charge on any atom is 0.251 e. The first kappa shape index (κ1) is 17.7. The van der Waals surface area contributed by atoms with Gasteiger partial charge in [0.05, 0.1) is 12.3 Å². The van der Waals surface area contributed by atoms with E-state index in [0.29, 0.717) is 18.7 Å². The van der Waals surface area contributed by atoms with E-state index < -0.39 is 0 Å². The summed E-state index contributed by atoms with van der Waals surface area (Å²) >= 11 is 0. The first-order valence-corrected chi connectivity index (χ1v) is 8.94. The van der Waals surface area contributed by atoms with Gasteiger partial charge in [-0.05, 0) is 38.8 Å². The van der Waals surface area contributed by atoms with Gasteiger partial charge in [0, 0.05) is 35.9 Å². The number of aryl methyl sites for hydroxylation is 2. The number of carbonyl (C=O) groups excluding carboxylic acids is 1. The average molecular weight is 341 g/mol. The van der Waals surface area contributed by atoms with E-state index in [0.717, 1.165) is 35.6 Å². The average Bonchev–Trinajstić information content (AvgIpc) is 3.20. The number of hydrogen-bond acceptors (Lipinski definition) is 3. The minimum Gasteiger partial charge on any atom is -0.384 e. The number of benzene rings is 1. The van der Waals surface area contributed by atoms with E-state index in [-0.39, 0.29) is 11.3 Å². The van der Waals surface area contributed by atoms with E-state index in [1.807, 2.05) is 38.1 Å². The molecule has 25 heavy (non-hydrogen) atoms. The van der Waals surface area contributed by atoms with Crippen molar-refractivity contribution in [3.05, 3.63) is 41.3 Å². The van der Waals surface area contributed by atoms with Gasteiger partial charge in [-0.25, -0.2) is 4.98 Å². The fraction of sp³-hybridized carbons (Fsp3) is 0.500. The number of aromatic nitrogens is 2. The minimum absolute atomic E-state index is 0.0242. The van der Waals surface area contributed by atoms with Crippen LogP contribution in [0.15, 0.2) is 24.3 Å². The molecular weight excluding hydrogens is 314 g/mol. The highest BCUT2D eigenvalue weighted by molar-refractivity contribution is 5.94. The Labute approximate surface area is 149 Å². The molecule has 1 fully saturated rings. The standard InChI is InChI=1S/C20H27N3O2/c1-14-18(23-15(2)22-14)16-6-8-17(9-7-16)19(24)21-12-20(13-25-3)10-4-5-11-20/h6-9H,4-5,10-13H2,1-3H3,(H,21,24)(H,22,23). The number of imidazole rings is 1. The maximum absolute atomic E-state index is 12.5. The normalized spacial score (nSPS) is 16.1. The quantitative estimate of drug-likeness (QED) is 0.843. The van der Waals surface area contributed by atoms with Gasteiger partial charge in [0.15, 0.2) is 0 Å². The maximum atomic E-state index is 12.5.